The summed E-state index contributed by atoms with van der Waals surface area (Å²) in [6.07, 6.45) is 44.8. The van der Waals surface area contributed by atoms with Crippen LogP contribution in [-0.4, -0.2) is 0 Å². The first-order chi connectivity index (χ1) is 23.0. The maximum absolute atomic E-state index is 2.96. The highest BCUT2D eigenvalue weighted by Gasteiger charge is 2.37. The molecule has 6 fully saturated rings. The third-order valence-electron chi connectivity index (χ3n) is 16.2. The molecule has 0 radical (unpaired) electrons. The van der Waals surface area contributed by atoms with E-state index in [1.807, 2.05) is 11.1 Å². The lowest BCUT2D eigenvalue weighted by atomic mass is 9.64. The van der Waals surface area contributed by atoms with E-state index in [2.05, 4.69) is 53.7 Å². The third-order valence-corrected chi connectivity index (χ3v) is 16.2. The van der Waals surface area contributed by atoms with Gasteiger partial charge in [-0.15, -0.1) is 0 Å². The largest absolute Gasteiger partial charge is 0.0817 e. The van der Waals surface area contributed by atoms with Crippen LogP contribution in [0.1, 0.15) is 208 Å². The lowest BCUT2D eigenvalue weighted by Crippen LogP contribution is -2.29. The van der Waals surface area contributed by atoms with E-state index in [4.69, 9.17) is 0 Å². The highest BCUT2D eigenvalue weighted by atomic mass is 14.4. The van der Waals surface area contributed by atoms with Crippen LogP contribution in [0.3, 0.4) is 0 Å². The third kappa shape index (κ3) is 9.87. The molecule has 0 aromatic carbocycles. The first kappa shape index (κ1) is 37.2. The van der Waals surface area contributed by atoms with Gasteiger partial charge in [-0.25, -0.2) is 0 Å². The summed E-state index contributed by atoms with van der Waals surface area (Å²) in [7, 11) is 0. The Balaban J connectivity index is 1.02. The number of rotatable bonds is 7. The molecule has 0 heterocycles. The second-order valence-corrected chi connectivity index (χ2v) is 21.2. The van der Waals surface area contributed by atoms with Crippen molar-refractivity contribution in [1.29, 1.82) is 0 Å². The van der Waals surface area contributed by atoms with E-state index >= 15 is 0 Å². The Labute approximate surface area is 300 Å². The molecule has 6 saturated carbocycles. The molecule has 6 aliphatic carbocycles. The van der Waals surface area contributed by atoms with Crippen molar-refractivity contribution in [2.45, 2.75) is 208 Å². The molecule has 0 heteroatoms. The fourth-order valence-corrected chi connectivity index (χ4v) is 12.8. The lowest BCUT2D eigenvalue weighted by Gasteiger charge is -2.41. The molecule has 0 aromatic rings. The Bertz CT molecular complexity index is 915. The second kappa shape index (κ2) is 16.9. The summed E-state index contributed by atoms with van der Waals surface area (Å²) in [5, 5.41) is 0. The molecule has 0 aliphatic heterocycles. The number of hydrogen-bond acceptors (Lipinski definition) is 0. The summed E-state index contributed by atoms with van der Waals surface area (Å²) in [6, 6.07) is 0. The Morgan fingerprint density at radius 2 is 0.625 bits per heavy atom. The molecule has 0 spiro atoms. The van der Waals surface area contributed by atoms with Gasteiger partial charge in [0.2, 0.25) is 0 Å². The van der Waals surface area contributed by atoms with Crippen LogP contribution in [0.5, 0.6) is 0 Å². The van der Waals surface area contributed by atoms with Gasteiger partial charge < -0.3 is 0 Å². The SMILES string of the molecule is CC(C)(C)C1CCC(C(=CC2CCC(C3CCC(C=C(C4CCCCC4)C4CCC(C(C)(C)C)CC4)CC3)CC2)C2CCCCC2)CC1. The van der Waals surface area contributed by atoms with Gasteiger partial charge in [0, 0.05) is 0 Å². The maximum Gasteiger partial charge on any atom is -0.0200 e. The van der Waals surface area contributed by atoms with Crippen molar-refractivity contribution in [3.63, 3.8) is 0 Å². The van der Waals surface area contributed by atoms with Crippen molar-refractivity contribution < 1.29 is 0 Å². The summed E-state index contributed by atoms with van der Waals surface area (Å²) in [4.78, 5) is 0. The summed E-state index contributed by atoms with van der Waals surface area (Å²) >= 11 is 0. The molecule has 0 atom stereocenters. The molecule has 0 unspecified atom stereocenters. The van der Waals surface area contributed by atoms with E-state index in [0.717, 1.165) is 59.2 Å². The zero-order valence-electron chi connectivity index (χ0n) is 33.3. The average Bonchev–Trinajstić information content (AvgIpc) is 3.10. The van der Waals surface area contributed by atoms with Gasteiger partial charge >= 0.3 is 0 Å². The van der Waals surface area contributed by atoms with Gasteiger partial charge in [-0.05, 0) is 198 Å². The van der Waals surface area contributed by atoms with Gasteiger partial charge in [-0.2, -0.15) is 0 Å². The van der Waals surface area contributed by atoms with Gasteiger partial charge in [0.25, 0.3) is 0 Å². The summed E-state index contributed by atoms with van der Waals surface area (Å²) < 4.78 is 0. The van der Waals surface area contributed by atoms with E-state index in [-0.39, 0.29) is 0 Å². The van der Waals surface area contributed by atoms with Crippen molar-refractivity contribution in [2.75, 3.05) is 0 Å². The predicted molar refractivity (Wildman–Crippen MR) is 210 cm³/mol. The van der Waals surface area contributed by atoms with Crippen LogP contribution in [0.2, 0.25) is 0 Å². The molecular weight excluding hydrogens is 577 g/mol. The topological polar surface area (TPSA) is 0 Å². The highest BCUT2D eigenvalue weighted by Crippen LogP contribution is 2.49. The van der Waals surface area contributed by atoms with Crippen LogP contribution < -0.4 is 0 Å². The Hall–Kier alpha value is -0.520. The van der Waals surface area contributed by atoms with Crippen molar-refractivity contribution >= 4 is 0 Å². The molecule has 0 N–H and O–H groups in total. The fourth-order valence-electron chi connectivity index (χ4n) is 12.8. The zero-order chi connectivity index (χ0) is 33.7. The predicted octanol–water partition coefficient (Wildman–Crippen LogP) is 15.3. The quantitative estimate of drug-likeness (QED) is 0.239. The van der Waals surface area contributed by atoms with Gasteiger partial charge in [-0.1, -0.05) is 103 Å². The van der Waals surface area contributed by atoms with Gasteiger partial charge in [-0.3, -0.25) is 0 Å². The Morgan fingerprint density at radius 1 is 0.333 bits per heavy atom. The fraction of sp³-hybridized carbons (Fsp3) is 0.917. The summed E-state index contributed by atoms with van der Waals surface area (Å²) in [5.41, 5.74) is 4.96. The van der Waals surface area contributed by atoms with Crippen LogP contribution in [0.25, 0.3) is 0 Å². The van der Waals surface area contributed by atoms with Gasteiger partial charge in [0.1, 0.15) is 0 Å². The molecule has 274 valence electrons. The molecule has 0 aromatic heterocycles. The lowest BCUT2D eigenvalue weighted by molar-refractivity contribution is 0.150. The van der Waals surface area contributed by atoms with E-state index in [1.165, 1.54) is 167 Å². The number of hydrogen-bond donors (Lipinski definition) is 0. The van der Waals surface area contributed by atoms with Crippen LogP contribution in [-0.2, 0) is 0 Å². The standard InChI is InChI=1S/C48H82/c1-47(2,3)43-29-25-41(26-30-43)45(39-13-9-7-10-14-39)33-35-17-21-37(22-18-35)38-23-19-36(20-24-38)34-46(40-15-11-8-12-16-40)42-27-31-44(32-28-42)48(4,5)6/h33-44H,7-32H2,1-6H3. The minimum absolute atomic E-state index is 0.497. The molecule has 0 saturated heterocycles. The van der Waals surface area contributed by atoms with E-state index < -0.39 is 0 Å². The van der Waals surface area contributed by atoms with E-state index in [0.29, 0.717) is 10.8 Å². The Kier molecular flexibility index (Phi) is 13.1. The minimum Gasteiger partial charge on any atom is -0.0817 e. The first-order valence-corrected chi connectivity index (χ1v) is 22.5. The van der Waals surface area contributed by atoms with Crippen molar-refractivity contribution in [3.8, 4) is 0 Å². The van der Waals surface area contributed by atoms with Crippen molar-refractivity contribution in [3.05, 3.63) is 23.3 Å². The van der Waals surface area contributed by atoms with Crippen LogP contribution in [0, 0.1) is 70.0 Å². The van der Waals surface area contributed by atoms with Crippen molar-refractivity contribution in [1.82, 2.24) is 0 Å². The van der Waals surface area contributed by atoms with Crippen LogP contribution >= 0.6 is 0 Å². The number of allylic oxidation sites excluding steroid dienone is 4. The van der Waals surface area contributed by atoms with Crippen molar-refractivity contribution in [2.24, 2.45) is 70.0 Å². The van der Waals surface area contributed by atoms with Gasteiger partial charge in [0.05, 0.1) is 0 Å². The minimum atomic E-state index is 0.497. The summed E-state index contributed by atoms with van der Waals surface area (Å²) in [5.74, 6) is 9.43. The highest BCUT2D eigenvalue weighted by molar-refractivity contribution is 5.17. The molecule has 0 bridgehead atoms. The smallest absolute Gasteiger partial charge is 0.0200 e. The molecule has 48 heavy (non-hydrogen) atoms. The normalized spacial score (nSPS) is 37.8. The zero-order valence-corrected chi connectivity index (χ0v) is 33.3. The van der Waals surface area contributed by atoms with Crippen LogP contribution in [0.15, 0.2) is 23.3 Å². The van der Waals surface area contributed by atoms with E-state index in [9.17, 15) is 0 Å². The summed E-state index contributed by atoms with van der Waals surface area (Å²) in [6.45, 7) is 14.9. The van der Waals surface area contributed by atoms with Gasteiger partial charge in [0.15, 0.2) is 0 Å². The van der Waals surface area contributed by atoms with Crippen LogP contribution in [0.4, 0.5) is 0 Å². The second-order valence-electron chi connectivity index (χ2n) is 21.2. The molecule has 0 amide bonds. The molecule has 0 nitrogen and oxygen atoms in total. The van der Waals surface area contributed by atoms with E-state index in [1.54, 1.807) is 0 Å². The molecule has 6 rings (SSSR count). The molecular formula is C48H82. The Morgan fingerprint density at radius 3 is 0.917 bits per heavy atom. The molecule has 6 aliphatic rings. The monoisotopic (exact) mass is 659 g/mol. The maximum atomic E-state index is 2.96. The average molecular weight is 659 g/mol. The first-order valence-electron chi connectivity index (χ1n) is 22.5.